The van der Waals surface area contributed by atoms with Crippen molar-refractivity contribution in [1.29, 1.82) is 0 Å². The molecule has 0 bridgehead atoms. The van der Waals surface area contributed by atoms with Crippen LogP contribution in [-0.4, -0.2) is 10.1 Å². The van der Waals surface area contributed by atoms with Gasteiger partial charge in [0.15, 0.2) is 0 Å². The zero-order valence-electron chi connectivity index (χ0n) is 9.08. The highest BCUT2D eigenvalue weighted by Gasteiger charge is 2.14. The smallest absolute Gasteiger partial charge is 0.114 e. The van der Waals surface area contributed by atoms with E-state index in [4.69, 9.17) is 0 Å². The molecule has 17 heavy (non-hydrogen) atoms. The van der Waals surface area contributed by atoms with Crippen LogP contribution < -0.4 is 0 Å². The van der Waals surface area contributed by atoms with Gasteiger partial charge in [0, 0.05) is 16.5 Å². The van der Waals surface area contributed by atoms with Gasteiger partial charge in [0.25, 0.3) is 0 Å². The Morgan fingerprint density at radius 1 is 1.06 bits per heavy atom. The van der Waals surface area contributed by atoms with Crippen LogP contribution in [-0.2, 0) is 0 Å². The number of thiophene rings is 1. The molecule has 0 fully saturated rings. The first-order valence-corrected chi connectivity index (χ1v) is 6.29. The van der Waals surface area contributed by atoms with Gasteiger partial charge in [-0.1, -0.05) is 24.3 Å². The molecule has 0 aliphatic rings. The third kappa shape index (κ3) is 1.84. The summed E-state index contributed by atoms with van der Waals surface area (Å²) in [5.41, 5.74) is 1.83. The molecule has 2 heterocycles. The summed E-state index contributed by atoms with van der Waals surface area (Å²) in [5.74, 6) is 0. The van der Waals surface area contributed by atoms with Gasteiger partial charge < -0.3 is 5.11 Å². The van der Waals surface area contributed by atoms with Crippen LogP contribution in [0.1, 0.15) is 16.5 Å². The van der Waals surface area contributed by atoms with Crippen molar-refractivity contribution in [3.8, 4) is 0 Å². The van der Waals surface area contributed by atoms with E-state index < -0.39 is 6.10 Å². The molecule has 2 nitrogen and oxygen atoms in total. The molecule has 1 atom stereocenters. The molecule has 2 aromatic heterocycles. The van der Waals surface area contributed by atoms with E-state index in [0.717, 1.165) is 21.3 Å². The fourth-order valence-electron chi connectivity index (χ4n) is 1.97. The summed E-state index contributed by atoms with van der Waals surface area (Å²) in [4.78, 5) is 5.26. The maximum Gasteiger partial charge on any atom is 0.114 e. The van der Waals surface area contributed by atoms with Crippen molar-refractivity contribution < 1.29 is 5.11 Å². The minimum atomic E-state index is -0.567. The van der Waals surface area contributed by atoms with Gasteiger partial charge in [0.1, 0.15) is 6.10 Å². The van der Waals surface area contributed by atoms with E-state index in [1.807, 2.05) is 47.8 Å². The first-order valence-electron chi connectivity index (χ1n) is 5.41. The van der Waals surface area contributed by atoms with E-state index in [1.165, 1.54) is 0 Å². The molecule has 0 saturated carbocycles. The average molecular weight is 241 g/mol. The van der Waals surface area contributed by atoms with Crippen LogP contribution in [0.3, 0.4) is 0 Å². The maximum atomic E-state index is 10.4. The molecule has 1 aromatic carbocycles. The number of nitrogens with zero attached hydrogens (tertiary/aromatic N) is 1. The Kier molecular flexibility index (Phi) is 2.63. The van der Waals surface area contributed by atoms with Gasteiger partial charge in [0.2, 0.25) is 0 Å². The Hall–Kier alpha value is -1.71. The van der Waals surface area contributed by atoms with E-state index in [2.05, 4.69) is 4.98 Å². The summed E-state index contributed by atoms with van der Waals surface area (Å²) in [7, 11) is 0. The van der Waals surface area contributed by atoms with E-state index in [0.29, 0.717) is 0 Å². The Bertz CT molecular complexity index is 628. The highest BCUT2D eigenvalue weighted by atomic mass is 32.1. The van der Waals surface area contributed by atoms with Gasteiger partial charge in [0.05, 0.1) is 5.52 Å². The van der Waals surface area contributed by atoms with Crippen LogP contribution in [0.15, 0.2) is 54.0 Å². The molecular weight excluding hydrogens is 230 g/mol. The molecule has 0 amide bonds. The highest BCUT2D eigenvalue weighted by Crippen LogP contribution is 2.30. The largest absolute Gasteiger partial charge is 0.383 e. The fourth-order valence-corrected chi connectivity index (χ4v) is 2.69. The average Bonchev–Trinajstić information content (AvgIpc) is 2.91. The fraction of sp³-hybridized carbons (Fsp3) is 0.0714. The SMILES string of the molecule is OC(c1cccs1)c1cccc2ncccc12. The Balaban J connectivity index is 2.17. The Morgan fingerprint density at radius 2 is 2.00 bits per heavy atom. The lowest BCUT2D eigenvalue weighted by Gasteiger charge is -2.11. The summed E-state index contributed by atoms with van der Waals surface area (Å²) < 4.78 is 0. The Labute approximate surface area is 103 Å². The third-order valence-corrected chi connectivity index (χ3v) is 3.71. The van der Waals surface area contributed by atoms with E-state index in [1.54, 1.807) is 17.5 Å². The van der Waals surface area contributed by atoms with Crippen LogP contribution in [0.2, 0.25) is 0 Å². The second kappa shape index (κ2) is 4.28. The number of hydrogen-bond acceptors (Lipinski definition) is 3. The van der Waals surface area contributed by atoms with E-state index in [9.17, 15) is 5.11 Å². The summed E-state index contributed by atoms with van der Waals surface area (Å²) in [6.07, 6.45) is 1.20. The minimum Gasteiger partial charge on any atom is -0.383 e. The monoisotopic (exact) mass is 241 g/mol. The minimum absolute atomic E-state index is 0.567. The molecule has 0 aliphatic heterocycles. The number of aromatic nitrogens is 1. The second-order valence-electron chi connectivity index (χ2n) is 3.84. The number of benzene rings is 1. The topological polar surface area (TPSA) is 33.1 Å². The van der Waals surface area contributed by atoms with Crippen LogP contribution in [0.4, 0.5) is 0 Å². The van der Waals surface area contributed by atoms with Crippen molar-refractivity contribution in [2.24, 2.45) is 0 Å². The number of aliphatic hydroxyl groups excluding tert-OH is 1. The van der Waals surface area contributed by atoms with Crippen molar-refractivity contribution in [2.45, 2.75) is 6.10 Å². The predicted octanol–water partition coefficient (Wildman–Crippen LogP) is 3.38. The number of aliphatic hydroxyl groups is 1. The van der Waals surface area contributed by atoms with Gasteiger partial charge >= 0.3 is 0 Å². The molecule has 3 aromatic rings. The van der Waals surface area contributed by atoms with Crippen molar-refractivity contribution in [1.82, 2.24) is 4.98 Å². The van der Waals surface area contributed by atoms with Crippen molar-refractivity contribution >= 4 is 22.2 Å². The molecule has 1 unspecified atom stereocenters. The van der Waals surface area contributed by atoms with Crippen LogP contribution in [0.25, 0.3) is 10.9 Å². The first kappa shape index (κ1) is 10.4. The molecule has 3 rings (SSSR count). The third-order valence-electron chi connectivity index (χ3n) is 2.79. The zero-order chi connectivity index (χ0) is 11.7. The summed E-state index contributed by atoms with van der Waals surface area (Å²) in [5, 5.41) is 13.3. The van der Waals surface area contributed by atoms with Crippen LogP contribution >= 0.6 is 11.3 Å². The number of pyridine rings is 1. The molecule has 84 valence electrons. The summed E-state index contributed by atoms with van der Waals surface area (Å²) in [6, 6.07) is 13.6. The molecule has 0 radical (unpaired) electrons. The normalized spacial score (nSPS) is 12.8. The lowest BCUT2D eigenvalue weighted by molar-refractivity contribution is 0.226. The number of rotatable bonds is 2. The lowest BCUT2D eigenvalue weighted by atomic mass is 10.0. The standard InChI is InChI=1S/C14H11NOS/c16-14(13-7-3-9-17-13)11-4-1-6-12-10(11)5-2-8-15-12/h1-9,14,16H. The van der Waals surface area contributed by atoms with Gasteiger partial charge in [-0.2, -0.15) is 0 Å². The van der Waals surface area contributed by atoms with Crippen LogP contribution in [0.5, 0.6) is 0 Å². The molecule has 3 heteroatoms. The highest BCUT2D eigenvalue weighted by molar-refractivity contribution is 7.10. The number of hydrogen-bond donors (Lipinski definition) is 1. The summed E-state index contributed by atoms with van der Waals surface area (Å²) in [6.45, 7) is 0. The lowest BCUT2D eigenvalue weighted by Crippen LogP contribution is -1.98. The zero-order valence-corrected chi connectivity index (χ0v) is 9.89. The maximum absolute atomic E-state index is 10.4. The van der Waals surface area contributed by atoms with Gasteiger partial charge in [-0.25, -0.2) is 0 Å². The predicted molar refractivity (Wildman–Crippen MR) is 70.1 cm³/mol. The number of fused-ring (bicyclic) bond motifs is 1. The van der Waals surface area contributed by atoms with Gasteiger partial charge in [-0.3, -0.25) is 4.98 Å². The quantitative estimate of drug-likeness (QED) is 0.746. The molecule has 0 aliphatic carbocycles. The first-order chi connectivity index (χ1) is 8.36. The van der Waals surface area contributed by atoms with Crippen molar-refractivity contribution in [2.75, 3.05) is 0 Å². The van der Waals surface area contributed by atoms with E-state index in [-0.39, 0.29) is 0 Å². The molecule has 1 N–H and O–H groups in total. The molecule has 0 saturated heterocycles. The van der Waals surface area contributed by atoms with Gasteiger partial charge in [-0.05, 0) is 29.1 Å². The van der Waals surface area contributed by atoms with Crippen LogP contribution in [0, 0.1) is 0 Å². The summed E-state index contributed by atoms with van der Waals surface area (Å²) >= 11 is 1.56. The van der Waals surface area contributed by atoms with Gasteiger partial charge in [-0.15, -0.1) is 11.3 Å². The van der Waals surface area contributed by atoms with Crippen molar-refractivity contribution in [3.63, 3.8) is 0 Å². The van der Waals surface area contributed by atoms with Crippen molar-refractivity contribution in [3.05, 3.63) is 64.5 Å². The Morgan fingerprint density at radius 3 is 2.82 bits per heavy atom. The molecule has 0 spiro atoms. The van der Waals surface area contributed by atoms with E-state index >= 15 is 0 Å². The molecular formula is C14H11NOS. The second-order valence-corrected chi connectivity index (χ2v) is 4.81.